The van der Waals surface area contributed by atoms with Gasteiger partial charge in [0.25, 0.3) is 0 Å². The number of Topliss-reactive ketones (excluding diaryl/α,β-unsaturated/α-hetero) is 1. The molecule has 0 bridgehead atoms. The topological polar surface area (TPSA) is 59.2 Å². The second kappa shape index (κ2) is 7.11. The molecule has 0 unspecified atom stereocenters. The Labute approximate surface area is 131 Å². The lowest BCUT2D eigenvalue weighted by Crippen LogP contribution is -2.12. The van der Waals surface area contributed by atoms with Gasteiger partial charge in [-0.05, 0) is 35.9 Å². The molecule has 1 aromatic carbocycles. The van der Waals surface area contributed by atoms with Crippen LogP contribution in [0, 0.1) is 0 Å². The molecule has 2 aromatic rings. The first kappa shape index (κ1) is 15.4. The summed E-state index contributed by atoms with van der Waals surface area (Å²) in [6, 6.07) is 8.21. The largest absolute Gasteiger partial charge is 0.454 e. The predicted molar refractivity (Wildman–Crippen MR) is 81.6 cm³/mol. The summed E-state index contributed by atoms with van der Waals surface area (Å²) in [5.41, 5.74) is 1.03. The third kappa shape index (κ3) is 4.48. The van der Waals surface area contributed by atoms with Crippen LogP contribution in [-0.2, 0) is 9.53 Å². The highest BCUT2D eigenvalue weighted by Crippen LogP contribution is 2.21. The van der Waals surface area contributed by atoms with Crippen LogP contribution in [0.2, 0.25) is 10.0 Å². The second-order valence-electron chi connectivity index (χ2n) is 4.11. The molecule has 1 N–H and O–H groups in total. The molecule has 0 saturated carbocycles. The van der Waals surface area contributed by atoms with E-state index in [4.69, 9.17) is 27.9 Å². The van der Waals surface area contributed by atoms with Gasteiger partial charge in [-0.1, -0.05) is 29.3 Å². The molecule has 2 rings (SSSR count). The zero-order chi connectivity index (χ0) is 15.2. The molecule has 6 heteroatoms. The van der Waals surface area contributed by atoms with Gasteiger partial charge in [-0.25, -0.2) is 4.79 Å². The highest BCUT2D eigenvalue weighted by atomic mass is 35.5. The molecule has 0 aliphatic rings. The number of hydrogen-bond donors (Lipinski definition) is 1. The number of benzene rings is 1. The number of halogens is 2. The van der Waals surface area contributed by atoms with Crippen molar-refractivity contribution in [2.75, 3.05) is 6.61 Å². The number of rotatable bonds is 5. The van der Waals surface area contributed by atoms with Crippen LogP contribution in [0.4, 0.5) is 0 Å². The van der Waals surface area contributed by atoms with Crippen molar-refractivity contribution in [1.29, 1.82) is 0 Å². The first-order valence-electron chi connectivity index (χ1n) is 6.03. The van der Waals surface area contributed by atoms with Crippen molar-refractivity contribution in [2.45, 2.75) is 0 Å². The molecule has 0 spiro atoms. The molecule has 1 aromatic heterocycles. The van der Waals surface area contributed by atoms with Crippen molar-refractivity contribution in [3.63, 3.8) is 0 Å². The van der Waals surface area contributed by atoms with E-state index in [1.54, 1.807) is 36.5 Å². The standard InChI is InChI=1S/C15H11Cl2NO3/c16-11-5-3-10(12(17)8-11)4-6-15(20)21-9-14(19)13-2-1-7-18-13/h1-8,18H,9H2/b6-4+. The zero-order valence-corrected chi connectivity index (χ0v) is 12.3. The minimum atomic E-state index is -0.624. The Hall–Kier alpha value is -2.04. The van der Waals surface area contributed by atoms with E-state index in [0.29, 0.717) is 21.3 Å². The van der Waals surface area contributed by atoms with E-state index in [-0.39, 0.29) is 12.4 Å². The van der Waals surface area contributed by atoms with Crippen molar-refractivity contribution < 1.29 is 14.3 Å². The van der Waals surface area contributed by atoms with Gasteiger partial charge in [-0.15, -0.1) is 0 Å². The van der Waals surface area contributed by atoms with Crippen molar-refractivity contribution in [3.8, 4) is 0 Å². The number of hydrogen-bond acceptors (Lipinski definition) is 3. The van der Waals surface area contributed by atoms with Gasteiger partial charge in [0.15, 0.2) is 6.61 Å². The van der Waals surface area contributed by atoms with Gasteiger partial charge in [0, 0.05) is 22.3 Å². The summed E-state index contributed by atoms with van der Waals surface area (Å²) in [5, 5.41) is 0.935. The summed E-state index contributed by atoms with van der Waals surface area (Å²) < 4.78 is 4.85. The number of carbonyl (C=O) groups excluding carboxylic acids is 2. The predicted octanol–water partition coefficient (Wildman–Crippen LogP) is 3.76. The number of aromatic nitrogens is 1. The fourth-order valence-corrected chi connectivity index (χ4v) is 2.03. The van der Waals surface area contributed by atoms with E-state index in [1.165, 1.54) is 12.2 Å². The van der Waals surface area contributed by atoms with E-state index >= 15 is 0 Å². The number of nitrogens with one attached hydrogen (secondary N) is 1. The molecule has 4 nitrogen and oxygen atoms in total. The molecular formula is C15H11Cl2NO3. The summed E-state index contributed by atoms with van der Waals surface area (Å²) >= 11 is 11.7. The number of esters is 1. The molecule has 21 heavy (non-hydrogen) atoms. The van der Waals surface area contributed by atoms with Crippen LogP contribution in [0.1, 0.15) is 16.1 Å². The number of carbonyl (C=O) groups is 2. The first-order valence-corrected chi connectivity index (χ1v) is 6.78. The number of H-pyrrole nitrogens is 1. The molecule has 0 amide bonds. The van der Waals surface area contributed by atoms with E-state index in [2.05, 4.69) is 4.98 Å². The number of aromatic amines is 1. The molecule has 0 saturated heterocycles. The van der Waals surface area contributed by atoms with Crippen molar-refractivity contribution in [3.05, 3.63) is 63.9 Å². The lowest BCUT2D eigenvalue weighted by molar-refractivity contribution is -0.136. The minimum absolute atomic E-state index is 0.300. The van der Waals surface area contributed by atoms with Crippen LogP contribution in [0.3, 0.4) is 0 Å². The van der Waals surface area contributed by atoms with E-state index in [9.17, 15) is 9.59 Å². The number of ether oxygens (including phenoxy) is 1. The fraction of sp³-hybridized carbons (Fsp3) is 0.0667. The van der Waals surface area contributed by atoms with Gasteiger partial charge in [-0.2, -0.15) is 0 Å². The Morgan fingerprint density at radius 2 is 2.05 bits per heavy atom. The average Bonchev–Trinajstić information content (AvgIpc) is 2.98. The van der Waals surface area contributed by atoms with Crippen LogP contribution in [0.5, 0.6) is 0 Å². The maximum atomic E-state index is 11.6. The molecule has 0 aliphatic heterocycles. The van der Waals surface area contributed by atoms with Crippen LogP contribution < -0.4 is 0 Å². The molecular weight excluding hydrogens is 313 g/mol. The SMILES string of the molecule is O=C(/C=C/c1ccc(Cl)cc1Cl)OCC(=O)c1ccc[nH]1. The molecule has 0 fully saturated rings. The molecule has 0 atom stereocenters. The van der Waals surface area contributed by atoms with Gasteiger partial charge in [0.1, 0.15) is 0 Å². The molecule has 108 valence electrons. The lowest BCUT2D eigenvalue weighted by Gasteiger charge is -2.01. The quantitative estimate of drug-likeness (QED) is 0.517. The van der Waals surface area contributed by atoms with E-state index < -0.39 is 5.97 Å². The summed E-state index contributed by atoms with van der Waals surface area (Å²) in [4.78, 5) is 25.9. The molecule has 0 aliphatic carbocycles. The normalized spacial score (nSPS) is 10.8. The Morgan fingerprint density at radius 3 is 2.71 bits per heavy atom. The summed E-state index contributed by atoms with van der Waals surface area (Å²) in [6.45, 7) is -0.321. The van der Waals surface area contributed by atoms with Crippen LogP contribution in [0.15, 0.2) is 42.6 Å². The Kier molecular flexibility index (Phi) is 5.20. The van der Waals surface area contributed by atoms with Gasteiger partial charge in [0.05, 0.1) is 5.69 Å². The number of ketones is 1. The Bertz CT molecular complexity index is 678. The third-order valence-corrected chi connectivity index (χ3v) is 3.17. The molecule has 1 heterocycles. The van der Waals surface area contributed by atoms with Crippen molar-refractivity contribution in [2.24, 2.45) is 0 Å². The Balaban J connectivity index is 1.89. The van der Waals surface area contributed by atoms with Gasteiger partial charge in [0.2, 0.25) is 5.78 Å². The van der Waals surface area contributed by atoms with Gasteiger partial charge < -0.3 is 9.72 Å². The highest BCUT2D eigenvalue weighted by Gasteiger charge is 2.08. The van der Waals surface area contributed by atoms with Crippen LogP contribution in [0.25, 0.3) is 6.08 Å². The average molecular weight is 324 g/mol. The summed E-state index contributed by atoms with van der Waals surface area (Å²) in [7, 11) is 0. The smallest absolute Gasteiger partial charge is 0.331 e. The minimum Gasteiger partial charge on any atom is -0.454 e. The third-order valence-electron chi connectivity index (χ3n) is 2.61. The van der Waals surface area contributed by atoms with Gasteiger partial charge >= 0.3 is 5.97 Å². The maximum absolute atomic E-state index is 11.6. The molecule has 0 radical (unpaired) electrons. The van der Waals surface area contributed by atoms with E-state index in [1.807, 2.05) is 0 Å². The van der Waals surface area contributed by atoms with Crippen molar-refractivity contribution >= 4 is 41.0 Å². The summed E-state index contributed by atoms with van der Waals surface area (Å²) in [6.07, 6.45) is 4.33. The fourth-order valence-electron chi connectivity index (χ4n) is 1.56. The summed E-state index contributed by atoms with van der Waals surface area (Å²) in [5.74, 6) is -0.924. The lowest BCUT2D eigenvalue weighted by atomic mass is 10.2. The zero-order valence-electron chi connectivity index (χ0n) is 10.8. The second-order valence-corrected chi connectivity index (χ2v) is 4.96. The first-order chi connectivity index (χ1) is 10.1. The highest BCUT2D eigenvalue weighted by molar-refractivity contribution is 6.35. The van der Waals surface area contributed by atoms with Gasteiger partial charge in [-0.3, -0.25) is 4.79 Å². The van der Waals surface area contributed by atoms with E-state index in [0.717, 1.165) is 0 Å². The Morgan fingerprint density at radius 1 is 1.24 bits per heavy atom. The van der Waals surface area contributed by atoms with Crippen molar-refractivity contribution in [1.82, 2.24) is 4.98 Å². The monoisotopic (exact) mass is 323 g/mol. The van der Waals surface area contributed by atoms with Crippen LogP contribution in [-0.4, -0.2) is 23.3 Å². The van der Waals surface area contributed by atoms with Crippen LogP contribution >= 0.6 is 23.2 Å². The maximum Gasteiger partial charge on any atom is 0.331 e.